The Balaban J connectivity index is 0.00000228. The number of pyridine rings is 2. The van der Waals surface area contributed by atoms with Crippen LogP contribution in [0.4, 0.5) is 0 Å². The van der Waals surface area contributed by atoms with Crippen LogP contribution in [-0.2, 0) is 21.1 Å². The molecule has 32 heavy (non-hydrogen) atoms. The number of para-hydroxylation sites is 2. The fourth-order valence-electron chi connectivity index (χ4n) is 3.90. The van der Waals surface area contributed by atoms with Crippen LogP contribution in [0.2, 0.25) is 0 Å². The summed E-state index contributed by atoms with van der Waals surface area (Å²) in [5.74, 6) is 0.924. The molecule has 0 unspecified atom stereocenters. The molecule has 0 bridgehead atoms. The second-order valence-electron chi connectivity index (χ2n) is 7.15. The Hall–Kier alpha value is -3.14. The van der Waals surface area contributed by atoms with E-state index in [1.165, 1.54) is 11.8 Å². The van der Waals surface area contributed by atoms with E-state index < -0.39 is 0 Å². The molecule has 6 aromatic rings. The van der Waals surface area contributed by atoms with Crippen LogP contribution in [0.25, 0.3) is 38.5 Å². The third-order valence-corrected chi connectivity index (χ3v) is 6.17. The molecule has 0 amide bonds. The Bertz CT molecular complexity index is 1630. The van der Waals surface area contributed by atoms with Crippen LogP contribution in [0.3, 0.4) is 0 Å². The van der Waals surface area contributed by atoms with Crippen molar-refractivity contribution >= 4 is 44.5 Å². The number of rotatable bonds is 3. The number of phenolic OH excluding ortho intramolecular Hbond substituents is 1. The summed E-state index contributed by atoms with van der Waals surface area (Å²) >= 11 is 1.50. The first kappa shape index (κ1) is 19.5. The van der Waals surface area contributed by atoms with Gasteiger partial charge >= 0.3 is 0 Å². The Kier molecular flexibility index (Phi) is 5.14. The molecule has 158 valence electrons. The van der Waals surface area contributed by atoms with Crippen LogP contribution in [0.1, 0.15) is 1.37 Å². The molecule has 0 aliphatic heterocycles. The van der Waals surface area contributed by atoms with E-state index in [9.17, 15) is 5.11 Å². The Morgan fingerprint density at radius 3 is 2.69 bits per heavy atom. The van der Waals surface area contributed by atoms with Crippen molar-refractivity contribution in [3.63, 3.8) is 0 Å². The summed E-state index contributed by atoms with van der Waals surface area (Å²) in [5, 5.41) is 14.1. The monoisotopic (exact) mass is 614 g/mol. The van der Waals surface area contributed by atoms with Crippen molar-refractivity contribution in [2.75, 3.05) is 0 Å². The van der Waals surface area contributed by atoms with E-state index in [2.05, 4.69) is 38.8 Å². The molecule has 3 aromatic carbocycles. The molecule has 1 N–H and O–H groups in total. The first-order valence-corrected chi connectivity index (χ1v) is 10.6. The largest absolute Gasteiger partial charge is 0.506 e. The minimum atomic E-state index is 0. The van der Waals surface area contributed by atoms with Crippen molar-refractivity contribution in [1.29, 1.82) is 0 Å². The number of aromatic hydroxyl groups is 1. The van der Waals surface area contributed by atoms with Crippen LogP contribution in [0.15, 0.2) is 101 Å². The molecule has 0 fully saturated rings. The van der Waals surface area contributed by atoms with Crippen LogP contribution in [-0.4, -0.2) is 19.6 Å². The summed E-state index contributed by atoms with van der Waals surface area (Å²) in [4.78, 5) is 10.0. The van der Waals surface area contributed by atoms with Crippen LogP contribution in [0, 0.1) is 6.07 Å². The fourth-order valence-corrected chi connectivity index (χ4v) is 4.68. The van der Waals surface area contributed by atoms with E-state index in [0.717, 1.165) is 42.9 Å². The minimum absolute atomic E-state index is 0. The van der Waals surface area contributed by atoms with Gasteiger partial charge in [0.15, 0.2) is 0 Å². The summed E-state index contributed by atoms with van der Waals surface area (Å²) in [6, 6.07) is 29.2. The SMILES string of the molecule is [2H]c1ccc(-n2c3[c-]c(Sc4ccc5cccc(O)c5n4)ccc3c3ccccc32)nc1.[Pt]. The van der Waals surface area contributed by atoms with Gasteiger partial charge in [0.1, 0.15) is 17.1 Å². The maximum atomic E-state index is 10.2. The second kappa shape index (κ2) is 8.42. The van der Waals surface area contributed by atoms with Gasteiger partial charge in [-0.2, -0.15) is 12.1 Å². The molecule has 6 rings (SSSR count). The maximum absolute atomic E-state index is 10.2. The first-order chi connectivity index (χ1) is 15.7. The molecule has 4 nitrogen and oxygen atoms in total. The van der Waals surface area contributed by atoms with Gasteiger partial charge in [-0.25, -0.2) is 9.97 Å². The smallest absolute Gasteiger partial charge is 0.141 e. The summed E-state index contributed by atoms with van der Waals surface area (Å²) in [7, 11) is 0. The number of benzene rings is 3. The molecule has 3 heterocycles. The number of aromatic nitrogens is 3. The normalized spacial score (nSPS) is 11.6. The van der Waals surface area contributed by atoms with Gasteiger partial charge in [0.05, 0.1) is 6.40 Å². The predicted molar refractivity (Wildman–Crippen MR) is 125 cm³/mol. The molecule has 0 saturated carbocycles. The Labute approximate surface area is 204 Å². The van der Waals surface area contributed by atoms with Crippen LogP contribution in [0.5, 0.6) is 5.75 Å². The van der Waals surface area contributed by atoms with Gasteiger partial charge in [-0.15, -0.1) is 11.5 Å². The molecular formula is C26H16N3OPtS-. The zero-order chi connectivity index (χ0) is 21.7. The van der Waals surface area contributed by atoms with E-state index in [0.29, 0.717) is 11.6 Å². The van der Waals surface area contributed by atoms with E-state index in [4.69, 9.17) is 1.37 Å². The molecule has 0 aliphatic rings. The molecular weight excluding hydrogens is 597 g/mol. The van der Waals surface area contributed by atoms with Crippen molar-refractivity contribution < 1.29 is 27.5 Å². The number of phenols is 1. The van der Waals surface area contributed by atoms with Gasteiger partial charge in [0, 0.05) is 38.2 Å². The van der Waals surface area contributed by atoms with Crippen LogP contribution >= 0.6 is 11.8 Å². The topological polar surface area (TPSA) is 50.9 Å². The van der Waals surface area contributed by atoms with E-state index in [1.54, 1.807) is 18.3 Å². The average Bonchev–Trinajstić information content (AvgIpc) is 3.14. The molecule has 6 heteroatoms. The number of hydrogen-bond donors (Lipinski definition) is 1. The van der Waals surface area contributed by atoms with Gasteiger partial charge in [0.2, 0.25) is 0 Å². The number of hydrogen-bond acceptors (Lipinski definition) is 4. The van der Waals surface area contributed by atoms with Gasteiger partial charge < -0.3 is 9.67 Å². The van der Waals surface area contributed by atoms with Gasteiger partial charge in [-0.1, -0.05) is 58.6 Å². The third kappa shape index (κ3) is 3.48. The number of nitrogens with zero attached hydrogens (tertiary/aromatic N) is 3. The average molecular weight is 615 g/mol. The van der Waals surface area contributed by atoms with Gasteiger partial charge in [-0.05, 0) is 41.8 Å². The van der Waals surface area contributed by atoms with Crippen molar-refractivity contribution in [3.8, 4) is 11.6 Å². The second-order valence-corrected chi connectivity index (χ2v) is 8.22. The van der Waals surface area contributed by atoms with E-state index in [-0.39, 0.29) is 26.8 Å². The van der Waals surface area contributed by atoms with Crippen molar-refractivity contribution in [2.24, 2.45) is 0 Å². The summed E-state index contributed by atoms with van der Waals surface area (Å²) in [5.41, 5.74) is 2.55. The third-order valence-electron chi connectivity index (χ3n) is 5.27. The first-order valence-electron chi connectivity index (χ1n) is 10.3. The number of fused-ring (bicyclic) bond motifs is 4. The summed E-state index contributed by atoms with van der Waals surface area (Å²) in [6.07, 6.45) is 1.56. The molecule has 0 saturated heterocycles. The standard InChI is InChI=1S/C26H16N3OS.Pt/c30-23-9-5-6-17-11-14-25(28-26(17)23)31-18-12-13-20-19-7-1-2-8-21(19)29(22(20)16-18)24-10-3-4-15-27-24;/h1-15,30H;/q-1;/i4D;. The molecule has 0 radical (unpaired) electrons. The fraction of sp³-hybridized carbons (Fsp3) is 0. The predicted octanol–water partition coefficient (Wildman–Crippen LogP) is 6.38. The van der Waals surface area contributed by atoms with Crippen LogP contribution < -0.4 is 0 Å². The van der Waals surface area contributed by atoms with Crippen molar-refractivity contribution in [2.45, 2.75) is 9.92 Å². The summed E-state index contributed by atoms with van der Waals surface area (Å²) < 4.78 is 9.84. The minimum Gasteiger partial charge on any atom is -0.506 e. The maximum Gasteiger partial charge on any atom is 0.141 e. The van der Waals surface area contributed by atoms with Crippen molar-refractivity contribution in [3.05, 3.63) is 97.2 Å². The van der Waals surface area contributed by atoms with Gasteiger partial charge in [-0.3, -0.25) is 0 Å². The molecule has 3 aromatic heterocycles. The Morgan fingerprint density at radius 1 is 0.906 bits per heavy atom. The molecule has 0 aliphatic carbocycles. The zero-order valence-corrected chi connectivity index (χ0v) is 19.7. The van der Waals surface area contributed by atoms with E-state index in [1.807, 2.05) is 48.5 Å². The molecule has 0 atom stereocenters. The van der Waals surface area contributed by atoms with Crippen molar-refractivity contribution in [1.82, 2.24) is 14.5 Å². The molecule has 0 spiro atoms. The van der Waals surface area contributed by atoms with E-state index >= 15 is 0 Å². The quantitative estimate of drug-likeness (QED) is 0.235. The Morgan fingerprint density at radius 2 is 1.81 bits per heavy atom. The zero-order valence-electron chi connectivity index (χ0n) is 17.6. The van der Waals surface area contributed by atoms with Gasteiger partial charge in [0.25, 0.3) is 0 Å². The summed E-state index contributed by atoms with van der Waals surface area (Å²) in [6.45, 7) is 0.